The number of ketones is 1. The molecule has 2 fully saturated rings. The van der Waals surface area contributed by atoms with Crippen molar-refractivity contribution in [2.24, 2.45) is 11.8 Å². The minimum Gasteiger partial charge on any atom is -0.381 e. The number of carbonyl (C=O) groups excluding carboxylic acids is 1. The number of carbonyl (C=O) groups is 1. The molecule has 2 saturated heterocycles. The Morgan fingerprint density at radius 3 is 2.91 bits per heavy atom. The van der Waals surface area contributed by atoms with Crippen LogP contribution in [0.5, 0.6) is 0 Å². The molecule has 0 saturated carbocycles. The minimum absolute atomic E-state index is 0.0703. The van der Waals surface area contributed by atoms with Crippen molar-refractivity contribution in [2.75, 3.05) is 45.2 Å². The van der Waals surface area contributed by atoms with Crippen molar-refractivity contribution in [3.8, 4) is 11.3 Å². The van der Waals surface area contributed by atoms with Crippen molar-refractivity contribution in [2.45, 2.75) is 38.5 Å². The lowest BCUT2D eigenvalue weighted by atomic mass is 9.95. The summed E-state index contributed by atoms with van der Waals surface area (Å²) in [5.41, 5.74) is 2.16. The Bertz CT molecular complexity index is 919. The van der Waals surface area contributed by atoms with Crippen molar-refractivity contribution in [1.29, 1.82) is 0 Å². The van der Waals surface area contributed by atoms with Gasteiger partial charge < -0.3 is 15.0 Å². The molecule has 0 aliphatic carbocycles. The van der Waals surface area contributed by atoms with Crippen molar-refractivity contribution in [1.82, 2.24) is 19.9 Å². The molecule has 0 bridgehead atoms. The minimum atomic E-state index is 0.0703. The van der Waals surface area contributed by atoms with Gasteiger partial charge in [0.25, 0.3) is 0 Å². The molecule has 2 aromatic heterocycles. The molecule has 2 aromatic rings. The van der Waals surface area contributed by atoms with Gasteiger partial charge in [0.15, 0.2) is 0 Å². The van der Waals surface area contributed by atoms with Crippen LogP contribution in [-0.2, 0) is 16.0 Å². The van der Waals surface area contributed by atoms with Gasteiger partial charge in [-0.1, -0.05) is 18.0 Å². The second-order valence-corrected chi connectivity index (χ2v) is 9.39. The highest BCUT2D eigenvalue weighted by Crippen LogP contribution is 2.28. The summed E-state index contributed by atoms with van der Waals surface area (Å²) < 4.78 is 5.43. The first kappa shape index (κ1) is 23.1. The third-order valence-electron chi connectivity index (χ3n) is 6.42. The highest BCUT2D eigenvalue weighted by atomic mass is 35.5. The predicted octanol–water partition coefficient (Wildman–Crippen LogP) is 3.87. The number of halogens is 1. The molecule has 1 atom stereocenters. The van der Waals surface area contributed by atoms with E-state index in [1.807, 2.05) is 6.07 Å². The van der Waals surface area contributed by atoms with E-state index in [1.54, 1.807) is 18.6 Å². The van der Waals surface area contributed by atoms with Gasteiger partial charge in [0.2, 0.25) is 0 Å². The summed E-state index contributed by atoms with van der Waals surface area (Å²) in [5, 5.41) is 3.90. The molecule has 2 aliphatic heterocycles. The highest BCUT2D eigenvalue weighted by molar-refractivity contribution is 6.33. The molecular formula is C24H32ClN5O2. The second-order valence-electron chi connectivity index (χ2n) is 8.98. The average molecular weight is 458 g/mol. The summed E-state index contributed by atoms with van der Waals surface area (Å²) >= 11 is 6.45. The summed E-state index contributed by atoms with van der Waals surface area (Å²) in [6.07, 6.45) is 10.7. The third-order valence-corrected chi connectivity index (χ3v) is 6.72. The van der Waals surface area contributed by atoms with Crippen LogP contribution in [-0.4, -0.2) is 65.5 Å². The number of aromatic nitrogens is 3. The predicted molar refractivity (Wildman–Crippen MR) is 126 cm³/mol. The van der Waals surface area contributed by atoms with Crippen LogP contribution in [0.3, 0.4) is 0 Å². The maximum atomic E-state index is 12.9. The van der Waals surface area contributed by atoms with E-state index >= 15 is 0 Å². The largest absolute Gasteiger partial charge is 0.381 e. The zero-order chi connectivity index (χ0) is 22.3. The Labute approximate surface area is 194 Å². The van der Waals surface area contributed by atoms with E-state index in [1.165, 1.54) is 0 Å². The number of rotatable bonds is 7. The van der Waals surface area contributed by atoms with Gasteiger partial charge in [0.1, 0.15) is 11.6 Å². The first-order valence-corrected chi connectivity index (χ1v) is 12.0. The fourth-order valence-corrected chi connectivity index (χ4v) is 4.67. The lowest BCUT2D eigenvalue weighted by Crippen LogP contribution is -2.29. The standard InChI is InChI=1S/C24H32ClN5O2/c1-30-7-3-2-4-18(16-30)23(31)11-19-10-20(21(25)13-27-19)22-14-26-15-24(29-22)28-12-17-5-8-32-9-6-17/h10,13-15,17-18H,2-9,11-12,16H2,1H3,(H,28,29). The van der Waals surface area contributed by atoms with Crippen LogP contribution in [0.1, 0.15) is 37.8 Å². The molecular weight excluding hydrogens is 426 g/mol. The number of nitrogens with zero attached hydrogens (tertiary/aromatic N) is 4. The molecule has 0 amide bonds. The van der Waals surface area contributed by atoms with Crippen LogP contribution < -0.4 is 5.32 Å². The maximum absolute atomic E-state index is 12.9. The number of Topliss-reactive ketones (excluding diaryl/α,β-unsaturated/α-hetero) is 1. The Hall–Kier alpha value is -2.09. The molecule has 32 heavy (non-hydrogen) atoms. The Morgan fingerprint density at radius 1 is 1.22 bits per heavy atom. The van der Waals surface area contributed by atoms with Crippen LogP contribution in [0, 0.1) is 11.8 Å². The number of likely N-dealkylation sites (tertiary alicyclic amines) is 1. The van der Waals surface area contributed by atoms with E-state index in [-0.39, 0.29) is 11.7 Å². The number of anilines is 1. The van der Waals surface area contributed by atoms with Gasteiger partial charge in [-0.05, 0) is 51.3 Å². The van der Waals surface area contributed by atoms with Crippen molar-refractivity contribution < 1.29 is 9.53 Å². The van der Waals surface area contributed by atoms with E-state index in [9.17, 15) is 4.79 Å². The Balaban J connectivity index is 1.44. The van der Waals surface area contributed by atoms with Gasteiger partial charge in [-0.3, -0.25) is 14.8 Å². The van der Waals surface area contributed by atoms with E-state index in [0.717, 1.165) is 82.0 Å². The lowest BCUT2D eigenvalue weighted by molar-refractivity contribution is -0.122. The molecule has 4 heterocycles. The topological polar surface area (TPSA) is 80.2 Å². The van der Waals surface area contributed by atoms with E-state index in [0.29, 0.717) is 23.1 Å². The maximum Gasteiger partial charge on any atom is 0.145 e. The average Bonchev–Trinajstić information content (AvgIpc) is 3.04. The molecule has 172 valence electrons. The van der Waals surface area contributed by atoms with Crippen molar-refractivity contribution in [3.63, 3.8) is 0 Å². The number of ether oxygens (including phenoxy) is 1. The molecule has 0 aromatic carbocycles. The summed E-state index contributed by atoms with van der Waals surface area (Å²) in [6.45, 7) is 4.38. The quantitative estimate of drug-likeness (QED) is 0.675. The fourth-order valence-electron chi connectivity index (χ4n) is 4.47. The first-order chi connectivity index (χ1) is 15.6. The Kier molecular flexibility index (Phi) is 8.05. The number of hydrogen-bond donors (Lipinski definition) is 1. The molecule has 1 N–H and O–H groups in total. The van der Waals surface area contributed by atoms with Gasteiger partial charge in [0, 0.05) is 56.1 Å². The SMILES string of the molecule is CN1CCCCC(C(=O)Cc2cc(-c3cncc(NCC4CCOCC4)n3)c(Cl)cn2)C1. The number of nitrogens with one attached hydrogen (secondary N) is 1. The molecule has 7 nitrogen and oxygen atoms in total. The monoisotopic (exact) mass is 457 g/mol. The van der Waals surface area contributed by atoms with Crippen LogP contribution in [0.15, 0.2) is 24.7 Å². The summed E-state index contributed by atoms with van der Waals surface area (Å²) in [6, 6.07) is 1.88. The van der Waals surface area contributed by atoms with Crippen LogP contribution >= 0.6 is 11.6 Å². The molecule has 1 unspecified atom stereocenters. The molecule has 4 rings (SSSR count). The van der Waals surface area contributed by atoms with Gasteiger partial charge in [-0.25, -0.2) is 4.98 Å². The van der Waals surface area contributed by atoms with E-state index in [2.05, 4.69) is 27.2 Å². The van der Waals surface area contributed by atoms with E-state index < -0.39 is 0 Å². The zero-order valence-corrected chi connectivity index (χ0v) is 19.5. The van der Waals surface area contributed by atoms with Gasteiger partial charge >= 0.3 is 0 Å². The van der Waals surface area contributed by atoms with Crippen molar-refractivity contribution >= 4 is 23.2 Å². The van der Waals surface area contributed by atoms with Gasteiger partial charge in [-0.2, -0.15) is 0 Å². The number of pyridine rings is 1. The van der Waals surface area contributed by atoms with Gasteiger partial charge in [-0.15, -0.1) is 0 Å². The second kappa shape index (κ2) is 11.2. The van der Waals surface area contributed by atoms with Crippen LogP contribution in [0.25, 0.3) is 11.3 Å². The normalized spacial score (nSPS) is 20.6. The van der Waals surface area contributed by atoms with Crippen molar-refractivity contribution in [3.05, 3.63) is 35.4 Å². The first-order valence-electron chi connectivity index (χ1n) is 11.6. The fraction of sp³-hybridized carbons (Fsp3) is 0.583. The molecule has 0 radical (unpaired) electrons. The summed E-state index contributed by atoms with van der Waals surface area (Å²) in [4.78, 5) is 28.7. The Morgan fingerprint density at radius 2 is 2.06 bits per heavy atom. The highest BCUT2D eigenvalue weighted by Gasteiger charge is 2.23. The zero-order valence-electron chi connectivity index (χ0n) is 18.7. The summed E-state index contributed by atoms with van der Waals surface area (Å²) in [5.74, 6) is 1.62. The number of hydrogen-bond acceptors (Lipinski definition) is 7. The summed E-state index contributed by atoms with van der Waals surface area (Å²) in [7, 11) is 2.09. The molecule has 2 aliphatic rings. The molecule has 0 spiro atoms. The van der Waals surface area contributed by atoms with Crippen LogP contribution in [0.2, 0.25) is 5.02 Å². The third kappa shape index (κ3) is 6.24. The van der Waals surface area contributed by atoms with Crippen LogP contribution in [0.4, 0.5) is 5.82 Å². The lowest BCUT2D eigenvalue weighted by Gasteiger charge is -2.22. The molecule has 8 heteroatoms. The van der Waals surface area contributed by atoms with Gasteiger partial charge in [0.05, 0.1) is 23.1 Å². The smallest absolute Gasteiger partial charge is 0.145 e. The van der Waals surface area contributed by atoms with E-state index in [4.69, 9.17) is 21.3 Å².